The zero-order chi connectivity index (χ0) is 20.5. The van der Waals surface area contributed by atoms with Crippen molar-refractivity contribution < 1.29 is 9.90 Å². The van der Waals surface area contributed by atoms with E-state index >= 15 is 0 Å². The molecule has 2 N–H and O–H groups in total. The molecule has 0 saturated heterocycles. The number of nitrogens with zero attached hydrogens (tertiary/aromatic N) is 3. The molecule has 3 aromatic rings. The number of carbonyl (C=O) groups is 1. The smallest absolute Gasteiger partial charge is 0.331 e. The summed E-state index contributed by atoms with van der Waals surface area (Å²) in [7, 11) is 0. The number of aromatic hydroxyl groups is 1. The van der Waals surface area contributed by atoms with Crippen LogP contribution in [0.4, 0.5) is 0 Å². The van der Waals surface area contributed by atoms with Crippen molar-refractivity contribution in [3.63, 3.8) is 0 Å². The molecule has 8 nitrogen and oxygen atoms in total. The van der Waals surface area contributed by atoms with Crippen LogP contribution in [0, 0.1) is 0 Å². The minimum absolute atomic E-state index is 0.0906. The van der Waals surface area contributed by atoms with Gasteiger partial charge in [-0.15, -0.1) is 11.3 Å². The molecule has 148 valence electrons. The van der Waals surface area contributed by atoms with Crippen LogP contribution in [0.5, 0.6) is 5.88 Å². The van der Waals surface area contributed by atoms with E-state index in [1.165, 1.54) is 23.3 Å². The molecule has 4 rings (SSSR count). The van der Waals surface area contributed by atoms with Gasteiger partial charge < -0.3 is 5.11 Å². The van der Waals surface area contributed by atoms with Gasteiger partial charge in [0, 0.05) is 18.2 Å². The molecule has 0 saturated carbocycles. The van der Waals surface area contributed by atoms with E-state index in [0.717, 1.165) is 15.0 Å². The Morgan fingerprint density at radius 3 is 2.66 bits per heavy atom. The van der Waals surface area contributed by atoms with E-state index in [9.17, 15) is 19.5 Å². The standard InChI is InChI=1S/C20H18N4O4S/c1-12(25)24-15(16-8-5-9-29-16)10-14(22-24)17-18(26)21-20(28)23(19(17)27)11-13-6-3-2-4-7-13/h2-9,15,27H,10-11H2,1H3,(H,21,26,28)/t15-/m1/s1. The van der Waals surface area contributed by atoms with E-state index < -0.39 is 17.1 Å². The van der Waals surface area contributed by atoms with Gasteiger partial charge >= 0.3 is 5.69 Å². The molecule has 1 atom stereocenters. The van der Waals surface area contributed by atoms with E-state index in [4.69, 9.17) is 0 Å². The predicted molar refractivity (Wildman–Crippen MR) is 109 cm³/mol. The SMILES string of the molecule is CC(=O)N1N=C(c2c(O)n(Cc3ccccc3)c(=O)[nH]c2=O)C[C@@H]1c1cccs1. The maximum absolute atomic E-state index is 12.5. The molecule has 0 aliphatic carbocycles. The van der Waals surface area contributed by atoms with Crippen LogP contribution in [0.25, 0.3) is 0 Å². The second kappa shape index (κ2) is 7.51. The predicted octanol–water partition coefficient (Wildman–Crippen LogP) is 2.05. The first-order valence-corrected chi connectivity index (χ1v) is 9.84. The Bertz CT molecular complexity index is 1200. The molecule has 1 aliphatic rings. The van der Waals surface area contributed by atoms with E-state index in [-0.39, 0.29) is 36.2 Å². The van der Waals surface area contributed by atoms with Gasteiger partial charge in [0.1, 0.15) is 5.56 Å². The zero-order valence-electron chi connectivity index (χ0n) is 15.5. The summed E-state index contributed by atoms with van der Waals surface area (Å²) in [5.74, 6) is -0.733. The van der Waals surface area contributed by atoms with Crippen LogP contribution >= 0.6 is 11.3 Å². The van der Waals surface area contributed by atoms with Crippen molar-refractivity contribution >= 4 is 23.0 Å². The quantitative estimate of drug-likeness (QED) is 0.686. The van der Waals surface area contributed by atoms with Gasteiger partial charge in [-0.2, -0.15) is 5.10 Å². The Balaban J connectivity index is 1.78. The van der Waals surface area contributed by atoms with Gasteiger partial charge in [0.2, 0.25) is 11.8 Å². The molecular formula is C20H18N4O4S. The zero-order valence-corrected chi connectivity index (χ0v) is 16.3. The Labute approximate surface area is 169 Å². The summed E-state index contributed by atoms with van der Waals surface area (Å²) in [5.41, 5.74) is -0.481. The molecule has 0 bridgehead atoms. The highest BCUT2D eigenvalue weighted by Gasteiger charge is 2.34. The third kappa shape index (κ3) is 3.52. The van der Waals surface area contributed by atoms with Crippen LogP contribution in [0.2, 0.25) is 0 Å². The number of nitrogens with one attached hydrogen (secondary N) is 1. The molecule has 0 spiro atoms. The number of amides is 1. The second-order valence-corrected chi connectivity index (χ2v) is 7.65. The first-order chi connectivity index (χ1) is 14.0. The van der Waals surface area contributed by atoms with Crippen molar-refractivity contribution in [3.8, 4) is 5.88 Å². The van der Waals surface area contributed by atoms with Gasteiger partial charge in [-0.25, -0.2) is 9.80 Å². The summed E-state index contributed by atoms with van der Waals surface area (Å²) >= 11 is 1.48. The molecule has 0 radical (unpaired) electrons. The number of benzene rings is 1. The fourth-order valence-electron chi connectivity index (χ4n) is 3.39. The maximum Gasteiger partial charge on any atom is 0.331 e. The third-order valence-electron chi connectivity index (χ3n) is 4.75. The number of carbonyl (C=O) groups excluding carboxylic acids is 1. The van der Waals surface area contributed by atoms with Crippen LogP contribution in [0.15, 0.2) is 62.5 Å². The van der Waals surface area contributed by atoms with Crippen molar-refractivity contribution in [2.24, 2.45) is 5.10 Å². The summed E-state index contributed by atoms with van der Waals surface area (Å²) in [5, 5.41) is 18.3. The topological polar surface area (TPSA) is 108 Å². The number of aromatic nitrogens is 2. The lowest BCUT2D eigenvalue weighted by Gasteiger charge is -2.18. The van der Waals surface area contributed by atoms with Gasteiger partial charge in [-0.1, -0.05) is 36.4 Å². The summed E-state index contributed by atoms with van der Waals surface area (Å²) in [6, 6.07) is 12.5. The van der Waals surface area contributed by atoms with Gasteiger partial charge in [0.25, 0.3) is 5.56 Å². The summed E-state index contributed by atoms with van der Waals surface area (Å²) in [4.78, 5) is 40.1. The van der Waals surface area contributed by atoms with Gasteiger partial charge in [-0.05, 0) is 17.0 Å². The van der Waals surface area contributed by atoms with E-state index in [1.54, 1.807) is 0 Å². The van der Waals surface area contributed by atoms with Crippen LogP contribution in [-0.4, -0.2) is 31.3 Å². The normalized spacial score (nSPS) is 16.1. The highest BCUT2D eigenvalue weighted by Crippen LogP contribution is 2.35. The first-order valence-electron chi connectivity index (χ1n) is 8.96. The lowest BCUT2D eigenvalue weighted by molar-refractivity contribution is -0.130. The van der Waals surface area contributed by atoms with Crippen LogP contribution in [0.1, 0.15) is 35.4 Å². The van der Waals surface area contributed by atoms with Crippen LogP contribution in [-0.2, 0) is 11.3 Å². The van der Waals surface area contributed by atoms with Crippen LogP contribution < -0.4 is 11.2 Å². The number of hydrogen-bond acceptors (Lipinski definition) is 6. The van der Waals surface area contributed by atoms with E-state index in [0.29, 0.717) is 0 Å². The van der Waals surface area contributed by atoms with Gasteiger partial charge in [-0.3, -0.25) is 19.1 Å². The Morgan fingerprint density at radius 1 is 1.24 bits per heavy atom. The Kier molecular flexibility index (Phi) is 4.89. The third-order valence-corrected chi connectivity index (χ3v) is 5.72. The Morgan fingerprint density at radius 2 is 2.00 bits per heavy atom. The molecule has 0 fully saturated rings. The van der Waals surface area contributed by atoms with E-state index in [1.807, 2.05) is 47.8 Å². The fraction of sp³-hybridized carbons (Fsp3) is 0.200. The molecule has 2 aromatic heterocycles. The lowest BCUT2D eigenvalue weighted by atomic mass is 10.0. The fourth-order valence-corrected chi connectivity index (χ4v) is 4.20. The van der Waals surface area contributed by atoms with Crippen LogP contribution in [0.3, 0.4) is 0 Å². The van der Waals surface area contributed by atoms with Crippen molar-refractivity contribution in [3.05, 3.63) is 84.7 Å². The molecule has 29 heavy (non-hydrogen) atoms. The molecule has 0 unspecified atom stereocenters. The maximum atomic E-state index is 12.5. The lowest BCUT2D eigenvalue weighted by Crippen LogP contribution is -2.34. The second-order valence-electron chi connectivity index (χ2n) is 6.68. The largest absolute Gasteiger partial charge is 0.494 e. The highest BCUT2D eigenvalue weighted by atomic mass is 32.1. The molecule has 1 amide bonds. The number of H-pyrrole nitrogens is 1. The Hall–Kier alpha value is -3.46. The first kappa shape index (κ1) is 18.9. The van der Waals surface area contributed by atoms with Crippen molar-refractivity contribution in [1.82, 2.24) is 14.6 Å². The molecule has 1 aliphatic heterocycles. The number of aromatic amines is 1. The van der Waals surface area contributed by atoms with Gasteiger partial charge in [0.15, 0.2) is 0 Å². The summed E-state index contributed by atoms with van der Waals surface area (Å²) < 4.78 is 1.09. The minimum Gasteiger partial charge on any atom is -0.494 e. The number of hydrazone groups is 1. The average molecular weight is 410 g/mol. The summed E-state index contributed by atoms with van der Waals surface area (Å²) in [6.45, 7) is 1.49. The minimum atomic E-state index is -0.731. The number of thiophene rings is 1. The van der Waals surface area contributed by atoms with Crippen molar-refractivity contribution in [2.45, 2.75) is 25.9 Å². The number of rotatable bonds is 4. The van der Waals surface area contributed by atoms with Crippen molar-refractivity contribution in [1.29, 1.82) is 0 Å². The monoisotopic (exact) mass is 410 g/mol. The molecule has 3 heterocycles. The number of hydrogen-bond donors (Lipinski definition) is 2. The average Bonchev–Trinajstić information content (AvgIpc) is 3.35. The van der Waals surface area contributed by atoms with Gasteiger partial charge in [0.05, 0.1) is 18.3 Å². The molecular weight excluding hydrogens is 392 g/mol. The van der Waals surface area contributed by atoms with E-state index in [2.05, 4.69) is 10.1 Å². The molecule has 9 heteroatoms. The van der Waals surface area contributed by atoms with Crippen molar-refractivity contribution in [2.75, 3.05) is 0 Å². The molecule has 1 aromatic carbocycles. The highest BCUT2D eigenvalue weighted by molar-refractivity contribution is 7.10. The summed E-state index contributed by atoms with van der Waals surface area (Å²) in [6.07, 6.45) is 0.264.